The molecule has 0 radical (unpaired) electrons. The summed E-state index contributed by atoms with van der Waals surface area (Å²) in [6.07, 6.45) is -2.36. The number of aliphatic imine (C=N–C) groups is 2. The first-order valence-electron chi connectivity index (χ1n) is 6.47. The third-order valence-electron chi connectivity index (χ3n) is 3.08. The van der Waals surface area contributed by atoms with Crippen molar-refractivity contribution in [3.05, 3.63) is 29.8 Å². The van der Waals surface area contributed by atoms with E-state index in [4.69, 9.17) is 11.5 Å². The van der Waals surface area contributed by atoms with E-state index in [2.05, 4.69) is 9.98 Å². The summed E-state index contributed by atoms with van der Waals surface area (Å²) in [6, 6.07) is 4.57. The van der Waals surface area contributed by atoms with Gasteiger partial charge in [0.25, 0.3) is 0 Å². The second-order valence-electron chi connectivity index (χ2n) is 4.68. The molecule has 1 aliphatic rings. The van der Waals surface area contributed by atoms with Crippen LogP contribution in [0.5, 0.6) is 0 Å². The molecule has 1 aromatic rings. The summed E-state index contributed by atoms with van der Waals surface area (Å²) in [7, 11) is 0. The minimum Gasteiger partial charge on any atom is -0.369 e. The van der Waals surface area contributed by atoms with Gasteiger partial charge in [-0.15, -0.1) is 0 Å². The van der Waals surface area contributed by atoms with Crippen molar-refractivity contribution in [3.63, 3.8) is 0 Å². The minimum absolute atomic E-state index is 0.0836. The third-order valence-corrected chi connectivity index (χ3v) is 3.08. The molecule has 1 saturated heterocycles. The Balaban J connectivity index is 2.17. The van der Waals surface area contributed by atoms with E-state index in [1.54, 1.807) is 0 Å². The molecule has 0 amide bonds. The normalized spacial score (nSPS) is 17.4. The van der Waals surface area contributed by atoms with Crippen molar-refractivity contribution in [3.8, 4) is 0 Å². The smallest absolute Gasteiger partial charge is 0.369 e. The molecule has 0 aromatic heterocycles. The van der Waals surface area contributed by atoms with E-state index < -0.39 is 11.7 Å². The summed E-state index contributed by atoms with van der Waals surface area (Å²) in [6.45, 7) is 1.60. The lowest BCUT2D eigenvalue weighted by atomic mass is 10.2. The van der Waals surface area contributed by atoms with Gasteiger partial charge in [-0.05, 0) is 31.0 Å². The molecule has 0 unspecified atom stereocenters. The standard InChI is InChI=1S/C13H16F3N5/c14-13(15,16)9-4-3-5-10(8-9)19-11(17)20-12(18)21-6-1-2-7-21/h3-5,8H,1-2,6-7H2,(H4,17,18,19,20). The second-order valence-corrected chi connectivity index (χ2v) is 4.68. The highest BCUT2D eigenvalue weighted by Crippen LogP contribution is 2.31. The molecular weight excluding hydrogens is 283 g/mol. The zero-order chi connectivity index (χ0) is 15.5. The van der Waals surface area contributed by atoms with Crippen molar-refractivity contribution >= 4 is 17.6 Å². The molecule has 1 aliphatic heterocycles. The third kappa shape index (κ3) is 4.11. The Morgan fingerprint density at radius 1 is 1.14 bits per heavy atom. The Kier molecular flexibility index (Phi) is 4.35. The van der Waals surface area contributed by atoms with Gasteiger partial charge in [0.15, 0.2) is 5.96 Å². The lowest BCUT2D eigenvalue weighted by Gasteiger charge is -2.15. The summed E-state index contributed by atoms with van der Waals surface area (Å²) < 4.78 is 37.8. The molecule has 21 heavy (non-hydrogen) atoms. The van der Waals surface area contributed by atoms with Crippen molar-refractivity contribution in [1.29, 1.82) is 0 Å². The first-order valence-corrected chi connectivity index (χ1v) is 6.47. The van der Waals surface area contributed by atoms with Gasteiger partial charge in [0.1, 0.15) is 0 Å². The highest BCUT2D eigenvalue weighted by molar-refractivity contribution is 5.94. The summed E-state index contributed by atoms with van der Waals surface area (Å²) in [5.74, 6) is 0.0689. The van der Waals surface area contributed by atoms with Crippen LogP contribution in [-0.4, -0.2) is 29.9 Å². The number of nitrogens with two attached hydrogens (primary N) is 2. The largest absolute Gasteiger partial charge is 0.416 e. The van der Waals surface area contributed by atoms with Crippen LogP contribution in [0.15, 0.2) is 34.3 Å². The molecule has 1 fully saturated rings. The first kappa shape index (κ1) is 15.1. The average Bonchev–Trinajstić information content (AvgIpc) is 2.91. The van der Waals surface area contributed by atoms with Crippen LogP contribution in [0.25, 0.3) is 0 Å². The quantitative estimate of drug-likeness (QED) is 0.615. The molecule has 5 nitrogen and oxygen atoms in total. The highest BCUT2D eigenvalue weighted by atomic mass is 19.4. The van der Waals surface area contributed by atoms with E-state index in [9.17, 15) is 13.2 Å². The number of likely N-dealkylation sites (tertiary alicyclic amines) is 1. The SMILES string of the molecule is NC(=Nc1cccc(C(F)(F)F)c1)N=C(N)N1CCCC1. The molecule has 0 saturated carbocycles. The number of rotatable bonds is 1. The molecule has 8 heteroatoms. The van der Waals surface area contributed by atoms with Crippen LogP contribution >= 0.6 is 0 Å². The fraction of sp³-hybridized carbons (Fsp3) is 0.385. The van der Waals surface area contributed by atoms with Crippen molar-refractivity contribution < 1.29 is 13.2 Å². The molecule has 0 aliphatic carbocycles. The van der Waals surface area contributed by atoms with Gasteiger partial charge in [-0.3, -0.25) is 0 Å². The molecule has 4 N–H and O–H groups in total. The lowest BCUT2D eigenvalue weighted by molar-refractivity contribution is -0.137. The maximum absolute atomic E-state index is 12.6. The van der Waals surface area contributed by atoms with Gasteiger partial charge in [0.05, 0.1) is 11.3 Å². The molecule has 1 heterocycles. The first-order chi connectivity index (χ1) is 9.86. The number of benzene rings is 1. The minimum atomic E-state index is -4.42. The molecular formula is C13H16F3N5. The fourth-order valence-corrected chi connectivity index (χ4v) is 2.04. The van der Waals surface area contributed by atoms with Gasteiger partial charge in [0, 0.05) is 13.1 Å². The number of nitrogens with zero attached hydrogens (tertiary/aromatic N) is 3. The predicted molar refractivity (Wildman–Crippen MR) is 75.2 cm³/mol. The highest BCUT2D eigenvalue weighted by Gasteiger charge is 2.30. The fourth-order valence-electron chi connectivity index (χ4n) is 2.04. The summed E-state index contributed by atoms with van der Waals surface area (Å²) >= 11 is 0. The lowest BCUT2D eigenvalue weighted by Crippen LogP contribution is -2.36. The van der Waals surface area contributed by atoms with E-state index in [0.717, 1.165) is 38.1 Å². The molecule has 1 aromatic carbocycles. The number of alkyl halides is 3. The number of hydrogen-bond acceptors (Lipinski definition) is 1. The van der Waals surface area contributed by atoms with Crippen LogP contribution < -0.4 is 11.5 Å². The molecule has 0 atom stereocenters. The number of hydrogen-bond donors (Lipinski definition) is 2. The van der Waals surface area contributed by atoms with Crippen LogP contribution in [0.2, 0.25) is 0 Å². The monoisotopic (exact) mass is 299 g/mol. The molecule has 114 valence electrons. The zero-order valence-corrected chi connectivity index (χ0v) is 11.3. The Labute approximate surface area is 120 Å². The average molecular weight is 299 g/mol. The maximum Gasteiger partial charge on any atom is 0.416 e. The van der Waals surface area contributed by atoms with Crippen molar-refractivity contribution in [2.75, 3.05) is 13.1 Å². The molecule has 0 spiro atoms. The van der Waals surface area contributed by atoms with E-state index in [1.165, 1.54) is 12.1 Å². The van der Waals surface area contributed by atoms with Crippen molar-refractivity contribution in [2.45, 2.75) is 19.0 Å². The van der Waals surface area contributed by atoms with E-state index in [0.29, 0.717) is 0 Å². The Morgan fingerprint density at radius 3 is 2.43 bits per heavy atom. The molecule has 2 rings (SSSR count). The van der Waals surface area contributed by atoms with Gasteiger partial charge in [0.2, 0.25) is 5.96 Å². The zero-order valence-electron chi connectivity index (χ0n) is 11.3. The van der Waals surface area contributed by atoms with Crippen LogP contribution in [0.3, 0.4) is 0 Å². The predicted octanol–water partition coefficient (Wildman–Crippen LogP) is 2.06. The van der Waals surface area contributed by atoms with Crippen molar-refractivity contribution in [1.82, 2.24) is 4.90 Å². The van der Waals surface area contributed by atoms with Gasteiger partial charge in [-0.2, -0.15) is 18.2 Å². The summed E-state index contributed by atoms with van der Waals surface area (Å²) in [4.78, 5) is 9.61. The van der Waals surface area contributed by atoms with Gasteiger partial charge in [-0.25, -0.2) is 4.99 Å². The van der Waals surface area contributed by atoms with Gasteiger partial charge < -0.3 is 16.4 Å². The number of halogens is 3. The Hall–Kier alpha value is -2.25. The molecule has 0 bridgehead atoms. The Bertz CT molecular complexity index is 559. The van der Waals surface area contributed by atoms with E-state index >= 15 is 0 Å². The van der Waals surface area contributed by atoms with Crippen LogP contribution in [0.1, 0.15) is 18.4 Å². The number of guanidine groups is 2. The summed E-state index contributed by atoms with van der Waals surface area (Å²) in [5, 5.41) is 0. The van der Waals surface area contributed by atoms with Crippen LogP contribution in [0.4, 0.5) is 18.9 Å². The van der Waals surface area contributed by atoms with Crippen LogP contribution in [-0.2, 0) is 6.18 Å². The topological polar surface area (TPSA) is 80.0 Å². The van der Waals surface area contributed by atoms with E-state index in [1.807, 2.05) is 4.90 Å². The Morgan fingerprint density at radius 2 is 1.81 bits per heavy atom. The second kappa shape index (κ2) is 6.02. The van der Waals surface area contributed by atoms with Crippen LogP contribution in [0, 0.1) is 0 Å². The van der Waals surface area contributed by atoms with Gasteiger partial charge in [-0.1, -0.05) is 6.07 Å². The van der Waals surface area contributed by atoms with Gasteiger partial charge >= 0.3 is 6.18 Å². The van der Waals surface area contributed by atoms with E-state index in [-0.39, 0.29) is 17.6 Å². The maximum atomic E-state index is 12.6. The van der Waals surface area contributed by atoms with Crippen molar-refractivity contribution in [2.24, 2.45) is 21.5 Å². The summed E-state index contributed by atoms with van der Waals surface area (Å²) in [5.41, 5.74) is 10.7.